The standard InChI is InChI=1S/C8H12O.C8H16/c1-2-4-8-7(3-1)5-6-9-8;1-8(2)6-4-3-5-7-8/h5-8H,1-4H2;3-7H2,1-2H3. The van der Waals surface area contributed by atoms with Crippen LogP contribution >= 0.6 is 0 Å². The van der Waals surface area contributed by atoms with Crippen molar-refractivity contribution in [3.63, 3.8) is 0 Å². The van der Waals surface area contributed by atoms with E-state index < -0.39 is 0 Å². The molecule has 0 amide bonds. The zero-order valence-corrected chi connectivity index (χ0v) is 11.6. The Morgan fingerprint density at radius 1 is 0.941 bits per heavy atom. The molecule has 1 heteroatoms. The van der Waals surface area contributed by atoms with Crippen molar-refractivity contribution in [3.8, 4) is 0 Å². The molecule has 0 aromatic carbocycles. The fraction of sp³-hybridized carbons (Fsp3) is 0.875. The molecule has 17 heavy (non-hydrogen) atoms. The van der Waals surface area contributed by atoms with Crippen molar-refractivity contribution in [2.75, 3.05) is 0 Å². The van der Waals surface area contributed by atoms with Gasteiger partial charge in [0.2, 0.25) is 0 Å². The Bertz CT molecular complexity index is 246. The number of fused-ring (bicyclic) bond motifs is 1. The maximum atomic E-state index is 5.38. The second kappa shape index (κ2) is 5.93. The highest BCUT2D eigenvalue weighted by molar-refractivity contribution is 4.97. The van der Waals surface area contributed by atoms with Gasteiger partial charge < -0.3 is 4.74 Å². The molecule has 2 saturated carbocycles. The summed E-state index contributed by atoms with van der Waals surface area (Å²) < 4.78 is 5.38. The van der Waals surface area contributed by atoms with Crippen LogP contribution in [0.4, 0.5) is 0 Å². The van der Waals surface area contributed by atoms with Gasteiger partial charge in [-0.1, -0.05) is 39.5 Å². The van der Waals surface area contributed by atoms with Gasteiger partial charge >= 0.3 is 0 Å². The largest absolute Gasteiger partial charge is 0.498 e. The van der Waals surface area contributed by atoms with Gasteiger partial charge in [0.1, 0.15) is 6.10 Å². The van der Waals surface area contributed by atoms with Crippen molar-refractivity contribution in [3.05, 3.63) is 12.3 Å². The average Bonchev–Trinajstić information content (AvgIpc) is 2.77. The van der Waals surface area contributed by atoms with Crippen LogP contribution in [0, 0.1) is 11.3 Å². The van der Waals surface area contributed by atoms with E-state index in [-0.39, 0.29) is 0 Å². The molecule has 3 rings (SSSR count). The molecular formula is C16H28O. The van der Waals surface area contributed by atoms with Gasteiger partial charge in [0.25, 0.3) is 0 Å². The summed E-state index contributed by atoms with van der Waals surface area (Å²) in [6.45, 7) is 4.76. The minimum atomic E-state index is 0.554. The smallest absolute Gasteiger partial charge is 0.104 e. The number of ether oxygens (including phenoxy) is 1. The fourth-order valence-corrected chi connectivity index (χ4v) is 3.27. The quantitative estimate of drug-likeness (QED) is 0.571. The molecule has 0 spiro atoms. The second-order valence-corrected chi connectivity index (χ2v) is 6.68. The van der Waals surface area contributed by atoms with E-state index >= 15 is 0 Å². The molecule has 2 fully saturated rings. The van der Waals surface area contributed by atoms with Crippen molar-refractivity contribution < 1.29 is 4.74 Å². The minimum absolute atomic E-state index is 0.554. The first-order valence-electron chi connectivity index (χ1n) is 7.50. The lowest BCUT2D eigenvalue weighted by Crippen LogP contribution is -2.20. The van der Waals surface area contributed by atoms with Crippen LogP contribution in [0.2, 0.25) is 0 Å². The van der Waals surface area contributed by atoms with E-state index in [1.165, 1.54) is 57.8 Å². The molecule has 2 unspecified atom stereocenters. The van der Waals surface area contributed by atoms with Crippen LogP contribution in [0.25, 0.3) is 0 Å². The number of hydrogen-bond donors (Lipinski definition) is 0. The Morgan fingerprint density at radius 3 is 2.24 bits per heavy atom. The van der Waals surface area contributed by atoms with E-state index in [1.54, 1.807) is 0 Å². The molecule has 3 aliphatic rings. The second-order valence-electron chi connectivity index (χ2n) is 6.68. The summed E-state index contributed by atoms with van der Waals surface area (Å²) in [5.74, 6) is 0.763. The molecule has 1 nitrogen and oxygen atoms in total. The Kier molecular flexibility index (Phi) is 4.53. The van der Waals surface area contributed by atoms with Crippen molar-refractivity contribution in [1.29, 1.82) is 0 Å². The molecule has 1 aliphatic heterocycles. The van der Waals surface area contributed by atoms with Crippen molar-refractivity contribution in [2.45, 2.75) is 77.7 Å². The molecule has 98 valence electrons. The van der Waals surface area contributed by atoms with Crippen molar-refractivity contribution in [1.82, 2.24) is 0 Å². The van der Waals surface area contributed by atoms with Crippen LogP contribution in [-0.2, 0) is 4.74 Å². The first-order chi connectivity index (χ1) is 8.17. The third-order valence-electron chi connectivity index (χ3n) is 4.54. The summed E-state index contributed by atoms with van der Waals surface area (Å²) in [6, 6.07) is 0. The van der Waals surface area contributed by atoms with Gasteiger partial charge in [-0.3, -0.25) is 0 Å². The van der Waals surface area contributed by atoms with Crippen LogP contribution < -0.4 is 0 Å². The first kappa shape index (κ1) is 13.0. The third-order valence-corrected chi connectivity index (χ3v) is 4.54. The normalized spacial score (nSPS) is 34.2. The molecule has 0 aromatic rings. The summed E-state index contributed by atoms with van der Waals surface area (Å²) in [4.78, 5) is 0. The number of rotatable bonds is 0. The minimum Gasteiger partial charge on any atom is -0.498 e. The van der Waals surface area contributed by atoms with Crippen LogP contribution in [0.3, 0.4) is 0 Å². The zero-order valence-electron chi connectivity index (χ0n) is 11.6. The van der Waals surface area contributed by atoms with Gasteiger partial charge in [0, 0.05) is 5.92 Å². The molecule has 0 N–H and O–H groups in total. The Hall–Kier alpha value is -0.460. The fourth-order valence-electron chi connectivity index (χ4n) is 3.27. The molecule has 1 heterocycles. The molecule has 2 atom stereocenters. The predicted molar refractivity (Wildman–Crippen MR) is 72.8 cm³/mol. The van der Waals surface area contributed by atoms with Gasteiger partial charge in [-0.05, 0) is 43.6 Å². The summed E-state index contributed by atoms with van der Waals surface area (Å²) in [7, 11) is 0. The summed E-state index contributed by atoms with van der Waals surface area (Å²) in [5.41, 5.74) is 0.679. The monoisotopic (exact) mass is 236 g/mol. The van der Waals surface area contributed by atoms with Gasteiger partial charge in [-0.15, -0.1) is 0 Å². The Labute approximate surface area is 107 Å². The molecule has 0 bridgehead atoms. The van der Waals surface area contributed by atoms with Crippen molar-refractivity contribution in [2.24, 2.45) is 11.3 Å². The van der Waals surface area contributed by atoms with E-state index in [4.69, 9.17) is 4.74 Å². The zero-order chi connectivity index (χ0) is 12.1. The molecule has 0 saturated heterocycles. The predicted octanol–water partition coefficient (Wildman–Crippen LogP) is 5.07. The maximum Gasteiger partial charge on any atom is 0.104 e. The lowest BCUT2D eigenvalue weighted by molar-refractivity contribution is 0.101. The van der Waals surface area contributed by atoms with Gasteiger partial charge in [0.15, 0.2) is 0 Å². The third kappa shape index (κ3) is 4.04. The maximum absolute atomic E-state index is 5.38. The van der Waals surface area contributed by atoms with Crippen LogP contribution in [-0.4, -0.2) is 6.10 Å². The van der Waals surface area contributed by atoms with E-state index in [2.05, 4.69) is 19.9 Å². The Balaban J connectivity index is 0.000000128. The molecule has 0 aromatic heterocycles. The lowest BCUT2D eigenvalue weighted by atomic mass is 9.78. The molecular weight excluding hydrogens is 208 g/mol. The molecule has 0 radical (unpaired) electrons. The van der Waals surface area contributed by atoms with Crippen LogP contribution in [0.5, 0.6) is 0 Å². The van der Waals surface area contributed by atoms with E-state index in [0.29, 0.717) is 11.5 Å². The highest BCUT2D eigenvalue weighted by Crippen LogP contribution is 2.34. The summed E-state index contributed by atoms with van der Waals surface area (Å²) >= 11 is 0. The SMILES string of the molecule is C1=CC2CCCCC2O1.CC1(C)CCCCC1. The van der Waals surface area contributed by atoms with E-state index in [9.17, 15) is 0 Å². The Morgan fingerprint density at radius 2 is 1.65 bits per heavy atom. The van der Waals surface area contributed by atoms with Gasteiger partial charge in [-0.25, -0.2) is 0 Å². The van der Waals surface area contributed by atoms with Crippen LogP contribution in [0.15, 0.2) is 12.3 Å². The number of hydrogen-bond acceptors (Lipinski definition) is 1. The molecule has 2 aliphatic carbocycles. The van der Waals surface area contributed by atoms with Gasteiger partial charge in [-0.2, -0.15) is 0 Å². The summed E-state index contributed by atoms with van der Waals surface area (Å²) in [5, 5.41) is 0. The topological polar surface area (TPSA) is 9.23 Å². The van der Waals surface area contributed by atoms with E-state index in [1.807, 2.05) is 6.26 Å². The van der Waals surface area contributed by atoms with Gasteiger partial charge in [0.05, 0.1) is 6.26 Å². The average molecular weight is 236 g/mol. The highest BCUT2D eigenvalue weighted by atomic mass is 16.5. The van der Waals surface area contributed by atoms with E-state index in [0.717, 1.165) is 5.92 Å². The summed E-state index contributed by atoms with van der Waals surface area (Å²) in [6.07, 6.45) is 17.3. The van der Waals surface area contributed by atoms with Crippen LogP contribution in [0.1, 0.15) is 71.6 Å². The highest BCUT2D eigenvalue weighted by Gasteiger charge is 2.26. The lowest BCUT2D eigenvalue weighted by Gasteiger charge is -2.28. The van der Waals surface area contributed by atoms with Crippen molar-refractivity contribution >= 4 is 0 Å². The first-order valence-corrected chi connectivity index (χ1v) is 7.50.